The van der Waals surface area contributed by atoms with Crippen molar-refractivity contribution >= 4 is 27.8 Å². The van der Waals surface area contributed by atoms with Gasteiger partial charge in [-0.05, 0) is 30.3 Å². The molecule has 0 saturated carbocycles. The lowest BCUT2D eigenvalue weighted by Crippen LogP contribution is -1.99. The molecule has 2 heterocycles. The van der Waals surface area contributed by atoms with E-state index in [9.17, 15) is 4.79 Å². The minimum absolute atomic E-state index is 0.0717. The summed E-state index contributed by atoms with van der Waals surface area (Å²) in [6.45, 7) is 0. The van der Waals surface area contributed by atoms with Gasteiger partial charge >= 0.3 is 5.97 Å². The number of hydrogen-bond donors (Lipinski definition) is 2. The van der Waals surface area contributed by atoms with Gasteiger partial charge in [-0.25, -0.2) is 9.78 Å². The van der Waals surface area contributed by atoms with Crippen LogP contribution in [0, 0.1) is 0 Å². The van der Waals surface area contributed by atoms with Gasteiger partial charge in [-0.15, -0.1) is 0 Å². The topological polar surface area (TPSA) is 66.0 Å². The Morgan fingerprint density at radius 3 is 2.81 bits per heavy atom. The smallest absolute Gasteiger partial charge is 0.354 e. The van der Waals surface area contributed by atoms with E-state index in [4.69, 9.17) is 5.11 Å². The van der Waals surface area contributed by atoms with Crippen molar-refractivity contribution in [2.45, 2.75) is 0 Å². The molecule has 0 amide bonds. The summed E-state index contributed by atoms with van der Waals surface area (Å²) in [5.41, 5.74) is 1.80. The van der Waals surface area contributed by atoms with E-state index in [1.54, 1.807) is 6.07 Å². The van der Waals surface area contributed by atoms with E-state index in [0.29, 0.717) is 5.52 Å². The molecule has 1 aromatic carbocycles. The van der Waals surface area contributed by atoms with Crippen molar-refractivity contribution in [2.75, 3.05) is 0 Å². The van der Waals surface area contributed by atoms with Crippen molar-refractivity contribution in [1.82, 2.24) is 9.97 Å². The first-order valence-electron chi connectivity index (χ1n) is 4.86. The van der Waals surface area contributed by atoms with Crippen LogP contribution in [0.15, 0.2) is 36.5 Å². The second kappa shape index (κ2) is 3.06. The second-order valence-electron chi connectivity index (χ2n) is 3.57. The number of hydrogen-bond acceptors (Lipinski definition) is 2. The molecule has 16 heavy (non-hydrogen) atoms. The average molecular weight is 212 g/mol. The molecule has 0 aliphatic heterocycles. The largest absolute Gasteiger partial charge is 0.477 e. The minimum atomic E-state index is -1.00. The monoisotopic (exact) mass is 212 g/mol. The zero-order chi connectivity index (χ0) is 11.1. The maximum absolute atomic E-state index is 10.8. The molecule has 0 bridgehead atoms. The van der Waals surface area contributed by atoms with E-state index >= 15 is 0 Å². The van der Waals surface area contributed by atoms with Crippen LogP contribution in [0.5, 0.6) is 0 Å². The van der Waals surface area contributed by atoms with Crippen LogP contribution in [0.2, 0.25) is 0 Å². The lowest BCUT2D eigenvalue weighted by molar-refractivity contribution is 0.0691. The number of aromatic nitrogens is 2. The maximum Gasteiger partial charge on any atom is 0.354 e. The van der Waals surface area contributed by atoms with E-state index in [0.717, 1.165) is 16.3 Å². The number of nitrogens with one attached hydrogen (secondary N) is 1. The molecule has 0 radical (unpaired) electrons. The van der Waals surface area contributed by atoms with Crippen LogP contribution in [0.4, 0.5) is 0 Å². The summed E-state index contributed by atoms with van der Waals surface area (Å²) in [6.07, 6.45) is 1.86. The molecule has 78 valence electrons. The quantitative estimate of drug-likeness (QED) is 0.651. The minimum Gasteiger partial charge on any atom is -0.477 e. The molecule has 0 fully saturated rings. The Balaban J connectivity index is 2.41. The summed E-state index contributed by atoms with van der Waals surface area (Å²) >= 11 is 0. The molecular weight excluding hydrogens is 204 g/mol. The average Bonchev–Trinajstić information content (AvgIpc) is 2.76. The van der Waals surface area contributed by atoms with Crippen LogP contribution < -0.4 is 0 Å². The molecule has 4 nitrogen and oxygen atoms in total. The Morgan fingerprint density at radius 2 is 2.00 bits per heavy atom. The highest BCUT2D eigenvalue weighted by Gasteiger charge is 2.07. The van der Waals surface area contributed by atoms with Crippen molar-refractivity contribution in [3.8, 4) is 0 Å². The third-order valence-electron chi connectivity index (χ3n) is 2.62. The fourth-order valence-electron chi connectivity index (χ4n) is 1.87. The lowest BCUT2D eigenvalue weighted by Gasteiger charge is -2.00. The van der Waals surface area contributed by atoms with Crippen molar-refractivity contribution < 1.29 is 9.90 Å². The molecule has 0 atom stereocenters. The van der Waals surface area contributed by atoms with Crippen LogP contribution in [-0.4, -0.2) is 21.0 Å². The van der Waals surface area contributed by atoms with Crippen LogP contribution in [-0.2, 0) is 0 Å². The summed E-state index contributed by atoms with van der Waals surface area (Å²) in [5, 5.41) is 10.9. The Morgan fingerprint density at radius 1 is 1.12 bits per heavy atom. The normalized spacial score (nSPS) is 11.0. The number of benzene rings is 1. The number of carboxylic acids is 1. The van der Waals surface area contributed by atoms with E-state index < -0.39 is 5.97 Å². The summed E-state index contributed by atoms with van der Waals surface area (Å²) in [7, 11) is 0. The van der Waals surface area contributed by atoms with Gasteiger partial charge in [0.1, 0.15) is 5.69 Å². The van der Waals surface area contributed by atoms with Gasteiger partial charge in [0.05, 0.1) is 5.52 Å². The highest BCUT2D eigenvalue weighted by atomic mass is 16.4. The van der Waals surface area contributed by atoms with Crippen LogP contribution in [0.3, 0.4) is 0 Å². The molecule has 3 aromatic rings. The molecule has 2 N–H and O–H groups in total. The third-order valence-corrected chi connectivity index (χ3v) is 2.62. The molecular formula is C12H8N2O2. The molecule has 3 rings (SSSR count). The molecule has 0 saturated heterocycles. The number of carbonyl (C=O) groups is 1. The fraction of sp³-hybridized carbons (Fsp3) is 0. The molecule has 0 unspecified atom stereocenters. The number of aromatic amines is 1. The summed E-state index contributed by atoms with van der Waals surface area (Å²) in [4.78, 5) is 18.0. The predicted octanol–water partition coefficient (Wildman–Crippen LogP) is 2.41. The Hall–Kier alpha value is -2.36. The Kier molecular flexibility index (Phi) is 1.71. The molecule has 4 heteroatoms. The van der Waals surface area contributed by atoms with Gasteiger partial charge in [-0.1, -0.05) is 0 Å². The van der Waals surface area contributed by atoms with Gasteiger partial charge in [-0.3, -0.25) is 0 Å². The first kappa shape index (κ1) is 8.91. The molecule has 0 aliphatic rings. The van der Waals surface area contributed by atoms with Gasteiger partial charge < -0.3 is 10.1 Å². The van der Waals surface area contributed by atoms with Gasteiger partial charge in [-0.2, -0.15) is 0 Å². The lowest BCUT2D eigenvalue weighted by atomic mass is 10.1. The van der Waals surface area contributed by atoms with Gasteiger partial charge in [0, 0.05) is 22.5 Å². The number of carboxylic acid groups (broad SMARTS) is 1. The summed E-state index contributed by atoms with van der Waals surface area (Å²) in [6, 6.07) is 9.00. The van der Waals surface area contributed by atoms with Gasteiger partial charge in [0.25, 0.3) is 0 Å². The van der Waals surface area contributed by atoms with Crippen LogP contribution in [0.25, 0.3) is 21.8 Å². The maximum atomic E-state index is 10.8. The second-order valence-corrected chi connectivity index (χ2v) is 3.57. The van der Waals surface area contributed by atoms with Crippen molar-refractivity contribution in [2.24, 2.45) is 0 Å². The molecule has 2 aromatic heterocycles. The first-order chi connectivity index (χ1) is 7.75. The van der Waals surface area contributed by atoms with E-state index in [-0.39, 0.29) is 5.69 Å². The number of fused-ring (bicyclic) bond motifs is 3. The van der Waals surface area contributed by atoms with Crippen molar-refractivity contribution in [3.63, 3.8) is 0 Å². The number of rotatable bonds is 1. The predicted molar refractivity (Wildman–Crippen MR) is 60.6 cm³/mol. The SMILES string of the molecule is O=C(O)c1ccc2c(ccc3[nH]ccc32)n1. The number of aromatic carboxylic acids is 1. The van der Waals surface area contributed by atoms with E-state index in [1.165, 1.54) is 6.07 Å². The first-order valence-corrected chi connectivity index (χ1v) is 4.86. The molecule has 0 spiro atoms. The van der Waals surface area contributed by atoms with Gasteiger partial charge in [0.2, 0.25) is 0 Å². The number of H-pyrrole nitrogens is 1. The Bertz CT molecular complexity index is 700. The summed E-state index contributed by atoms with van der Waals surface area (Å²) in [5.74, 6) is -1.00. The van der Waals surface area contributed by atoms with Gasteiger partial charge in [0.15, 0.2) is 0 Å². The molecule has 0 aliphatic carbocycles. The van der Waals surface area contributed by atoms with E-state index in [1.807, 2.05) is 24.4 Å². The highest BCUT2D eigenvalue weighted by molar-refractivity contribution is 6.05. The third kappa shape index (κ3) is 1.16. The zero-order valence-corrected chi connectivity index (χ0v) is 8.27. The van der Waals surface area contributed by atoms with Crippen molar-refractivity contribution in [1.29, 1.82) is 0 Å². The zero-order valence-electron chi connectivity index (χ0n) is 8.27. The Labute approximate surface area is 90.5 Å². The highest BCUT2D eigenvalue weighted by Crippen LogP contribution is 2.23. The standard InChI is InChI=1S/C12H8N2O2/c15-12(16)11-2-1-7-8-5-6-13-9(8)3-4-10(7)14-11/h1-6,13H,(H,15,16). The number of nitrogens with zero attached hydrogens (tertiary/aromatic N) is 1. The number of pyridine rings is 1. The fourth-order valence-corrected chi connectivity index (χ4v) is 1.87. The van der Waals surface area contributed by atoms with Crippen molar-refractivity contribution in [3.05, 3.63) is 42.2 Å². The van der Waals surface area contributed by atoms with Crippen LogP contribution >= 0.6 is 0 Å². The summed E-state index contributed by atoms with van der Waals surface area (Å²) < 4.78 is 0. The van der Waals surface area contributed by atoms with Crippen LogP contribution in [0.1, 0.15) is 10.5 Å². The van der Waals surface area contributed by atoms with E-state index in [2.05, 4.69) is 9.97 Å².